The van der Waals surface area contributed by atoms with Crippen LogP contribution in [0.5, 0.6) is 0 Å². The molecule has 0 spiro atoms. The average Bonchev–Trinajstić information content (AvgIpc) is 3.24. The van der Waals surface area contributed by atoms with Crippen molar-refractivity contribution in [3.05, 3.63) is 60.8 Å². The van der Waals surface area contributed by atoms with Gasteiger partial charge in [-0.05, 0) is 44.9 Å². The van der Waals surface area contributed by atoms with Gasteiger partial charge in [0.15, 0.2) is 0 Å². The fourth-order valence-corrected chi connectivity index (χ4v) is 7.51. The highest BCUT2D eigenvalue weighted by molar-refractivity contribution is 5.77. The summed E-state index contributed by atoms with van der Waals surface area (Å²) in [6.07, 6.45) is 58.7. The van der Waals surface area contributed by atoms with E-state index in [4.69, 9.17) is 4.74 Å². The number of nitrogens with one attached hydrogen (secondary N) is 1. The van der Waals surface area contributed by atoms with E-state index in [0.29, 0.717) is 19.3 Å². The zero-order chi connectivity index (χ0) is 43.8. The highest BCUT2D eigenvalue weighted by atomic mass is 16.5. The van der Waals surface area contributed by atoms with Gasteiger partial charge in [0.2, 0.25) is 5.91 Å². The molecule has 3 N–H and O–H groups in total. The van der Waals surface area contributed by atoms with E-state index in [-0.39, 0.29) is 24.9 Å². The van der Waals surface area contributed by atoms with Crippen molar-refractivity contribution in [1.82, 2.24) is 5.32 Å². The second-order valence-corrected chi connectivity index (χ2v) is 17.2. The molecule has 0 aromatic heterocycles. The first-order valence-corrected chi connectivity index (χ1v) is 25.5. The number of hydrogen-bond acceptors (Lipinski definition) is 5. The van der Waals surface area contributed by atoms with Gasteiger partial charge in [-0.1, -0.05) is 242 Å². The Morgan fingerprint density at radius 1 is 0.500 bits per heavy atom. The van der Waals surface area contributed by atoms with Gasteiger partial charge in [0.25, 0.3) is 0 Å². The third-order valence-corrected chi connectivity index (χ3v) is 11.4. The van der Waals surface area contributed by atoms with Gasteiger partial charge in [-0.25, -0.2) is 0 Å². The smallest absolute Gasteiger partial charge is 0.306 e. The molecular weight excluding hydrogens is 743 g/mol. The Kier molecular flexibility index (Phi) is 45.7. The molecule has 0 aliphatic rings. The standard InChI is InChI=1S/C54H97NO5/c1-4-7-10-13-16-19-22-24-26-28-31-33-36-39-42-45-50(60-54(59)47-44-41-38-35-30-21-18-15-12-9-6-3)48-53(58)55-51(49-56)52(57)46-43-40-37-34-32-29-27-25-23-20-17-14-11-8-5-2/h7,10,16,19,24,26,31,33,39,42,50-52,56-57H,4-6,8-9,11-15,17-18,20-23,25,27-30,32,34-38,40-41,43-49H2,1-3H3,(H,55,58)/b10-7-,19-16-,26-24-,33-31-,42-39-. The van der Waals surface area contributed by atoms with Crippen LogP contribution in [0.3, 0.4) is 0 Å². The molecule has 0 saturated heterocycles. The predicted octanol–water partition coefficient (Wildman–Crippen LogP) is 15.2. The monoisotopic (exact) mass is 840 g/mol. The van der Waals surface area contributed by atoms with Crippen LogP contribution in [-0.4, -0.2) is 46.9 Å². The first-order valence-electron chi connectivity index (χ1n) is 25.5. The maximum atomic E-state index is 13.2. The maximum absolute atomic E-state index is 13.2. The Labute approximate surface area is 371 Å². The topological polar surface area (TPSA) is 95.9 Å². The molecule has 0 aliphatic heterocycles. The van der Waals surface area contributed by atoms with Gasteiger partial charge >= 0.3 is 5.97 Å². The van der Waals surface area contributed by atoms with Gasteiger partial charge in [0.1, 0.15) is 6.10 Å². The summed E-state index contributed by atoms with van der Waals surface area (Å²) < 4.78 is 5.86. The van der Waals surface area contributed by atoms with E-state index < -0.39 is 18.2 Å². The summed E-state index contributed by atoms with van der Waals surface area (Å²) in [5.41, 5.74) is 0. The van der Waals surface area contributed by atoms with E-state index in [9.17, 15) is 19.8 Å². The van der Waals surface area contributed by atoms with Crippen LogP contribution < -0.4 is 5.32 Å². The SMILES string of the molecule is CC/C=C\C/C=C\C/C=C\C/C=C\C/C=C\CC(CC(=O)NC(CO)C(O)CCCCCCCCCCCCCCCCC)OC(=O)CCCCCCCCCCCCC. The average molecular weight is 840 g/mol. The van der Waals surface area contributed by atoms with Crippen LogP contribution in [-0.2, 0) is 14.3 Å². The maximum Gasteiger partial charge on any atom is 0.306 e. The lowest BCUT2D eigenvalue weighted by molar-refractivity contribution is -0.150. The van der Waals surface area contributed by atoms with Crippen molar-refractivity contribution in [2.24, 2.45) is 0 Å². The molecule has 3 unspecified atom stereocenters. The van der Waals surface area contributed by atoms with E-state index in [2.05, 4.69) is 74.7 Å². The normalized spacial score (nSPS) is 13.8. The lowest BCUT2D eigenvalue weighted by Crippen LogP contribution is -2.46. The quantitative estimate of drug-likeness (QED) is 0.0322. The van der Waals surface area contributed by atoms with Crippen molar-refractivity contribution in [3.63, 3.8) is 0 Å². The summed E-state index contributed by atoms with van der Waals surface area (Å²) in [5.74, 6) is -0.576. The minimum absolute atomic E-state index is 0.000482. The van der Waals surface area contributed by atoms with Crippen LogP contribution in [0.15, 0.2) is 60.8 Å². The summed E-state index contributed by atoms with van der Waals surface area (Å²) >= 11 is 0. The fraction of sp³-hybridized carbons (Fsp3) is 0.778. The largest absolute Gasteiger partial charge is 0.461 e. The second kappa shape index (κ2) is 47.6. The van der Waals surface area contributed by atoms with Crippen LogP contribution in [0.4, 0.5) is 0 Å². The van der Waals surface area contributed by atoms with Gasteiger partial charge in [-0.2, -0.15) is 0 Å². The number of hydrogen-bond donors (Lipinski definition) is 3. The van der Waals surface area contributed by atoms with E-state index in [1.165, 1.54) is 128 Å². The summed E-state index contributed by atoms with van der Waals surface area (Å²) in [5, 5.41) is 23.7. The van der Waals surface area contributed by atoms with Crippen molar-refractivity contribution in [3.8, 4) is 0 Å². The highest BCUT2D eigenvalue weighted by Crippen LogP contribution is 2.17. The van der Waals surface area contributed by atoms with E-state index in [0.717, 1.165) is 70.6 Å². The first kappa shape index (κ1) is 57.6. The number of allylic oxidation sites excluding steroid dienone is 9. The van der Waals surface area contributed by atoms with Crippen molar-refractivity contribution in [2.75, 3.05) is 6.61 Å². The number of rotatable bonds is 45. The molecular formula is C54H97NO5. The minimum Gasteiger partial charge on any atom is -0.461 e. The number of carbonyl (C=O) groups excluding carboxylic acids is 2. The molecule has 0 rings (SSSR count). The molecule has 0 aliphatic carbocycles. The van der Waals surface area contributed by atoms with Gasteiger partial charge in [-0.15, -0.1) is 0 Å². The molecule has 348 valence electrons. The van der Waals surface area contributed by atoms with Crippen LogP contribution in [0.2, 0.25) is 0 Å². The molecule has 0 radical (unpaired) electrons. The number of aliphatic hydroxyl groups is 2. The third-order valence-electron chi connectivity index (χ3n) is 11.4. The molecule has 0 aromatic rings. The molecule has 0 aromatic carbocycles. The Hall–Kier alpha value is -2.44. The van der Waals surface area contributed by atoms with Gasteiger partial charge in [0.05, 0.1) is 25.2 Å². The lowest BCUT2D eigenvalue weighted by Gasteiger charge is -2.24. The Balaban J connectivity index is 4.68. The number of aliphatic hydroxyl groups excluding tert-OH is 2. The molecule has 6 heteroatoms. The zero-order valence-electron chi connectivity index (χ0n) is 39.6. The first-order chi connectivity index (χ1) is 29.5. The number of ether oxygens (including phenoxy) is 1. The molecule has 0 saturated carbocycles. The Morgan fingerprint density at radius 3 is 1.27 bits per heavy atom. The summed E-state index contributed by atoms with van der Waals surface area (Å²) in [7, 11) is 0. The van der Waals surface area contributed by atoms with Crippen LogP contribution in [0.25, 0.3) is 0 Å². The number of unbranched alkanes of at least 4 members (excludes halogenated alkanes) is 24. The molecule has 6 nitrogen and oxygen atoms in total. The number of carbonyl (C=O) groups is 2. The lowest BCUT2D eigenvalue weighted by atomic mass is 10.0. The molecule has 0 fully saturated rings. The summed E-state index contributed by atoms with van der Waals surface area (Å²) in [6.45, 7) is 6.34. The highest BCUT2D eigenvalue weighted by Gasteiger charge is 2.23. The van der Waals surface area contributed by atoms with E-state index in [1.807, 2.05) is 12.2 Å². The zero-order valence-corrected chi connectivity index (χ0v) is 39.6. The molecule has 0 heterocycles. The van der Waals surface area contributed by atoms with E-state index in [1.54, 1.807) is 0 Å². The van der Waals surface area contributed by atoms with Crippen molar-refractivity contribution in [1.29, 1.82) is 0 Å². The molecule has 0 bridgehead atoms. The van der Waals surface area contributed by atoms with Crippen molar-refractivity contribution >= 4 is 11.9 Å². The molecule has 60 heavy (non-hydrogen) atoms. The Bertz CT molecular complexity index is 1080. The summed E-state index contributed by atoms with van der Waals surface area (Å²) in [6, 6.07) is -0.731. The van der Waals surface area contributed by atoms with Crippen LogP contribution in [0, 0.1) is 0 Å². The minimum atomic E-state index is -0.811. The number of amides is 1. The Morgan fingerprint density at radius 2 is 0.867 bits per heavy atom. The van der Waals surface area contributed by atoms with Crippen molar-refractivity contribution < 1.29 is 24.5 Å². The molecule has 3 atom stereocenters. The summed E-state index contributed by atoms with van der Waals surface area (Å²) in [4.78, 5) is 26.0. The second-order valence-electron chi connectivity index (χ2n) is 17.2. The van der Waals surface area contributed by atoms with Gasteiger partial charge in [0, 0.05) is 12.8 Å². The predicted molar refractivity (Wildman–Crippen MR) is 259 cm³/mol. The van der Waals surface area contributed by atoms with Crippen LogP contribution in [0.1, 0.15) is 245 Å². The van der Waals surface area contributed by atoms with Crippen LogP contribution >= 0.6 is 0 Å². The number of esters is 1. The van der Waals surface area contributed by atoms with Gasteiger partial charge < -0.3 is 20.3 Å². The van der Waals surface area contributed by atoms with Crippen molar-refractivity contribution in [2.45, 2.75) is 264 Å². The van der Waals surface area contributed by atoms with Gasteiger partial charge in [-0.3, -0.25) is 9.59 Å². The fourth-order valence-electron chi connectivity index (χ4n) is 7.51. The molecule has 1 amide bonds. The van der Waals surface area contributed by atoms with E-state index >= 15 is 0 Å². The third kappa shape index (κ3) is 42.3.